The van der Waals surface area contributed by atoms with Crippen LogP contribution in [0.2, 0.25) is 5.02 Å². The van der Waals surface area contributed by atoms with E-state index in [2.05, 4.69) is 15.1 Å². The van der Waals surface area contributed by atoms with Gasteiger partial charge in [-0.3, -0.25) is 9.36 Å². The summed E-state index contributed by atoms with van der Waals surface area (Å²) in [6, 6.07) is 7.30. The molecule has 4 rings (SSSR count). The van der Waals surface area contributed by atoms with Crippen LogP contribution >= 0.6 is 23.4 Å². The van der Waals surface area contributed by atoms with E-state index in [1.165, 1.54) is 11.8 Å². The molecule has 6 nitrogen and oxygen atoms in total. The van der Waals surface area contributed by atoms with E-state index in [0.717, 1.165) is 11.3 Å². The number of aryl methyl sites for hydroxylation is 1. The summed E-state index contributed by atoms with van der Waals surface area (Å²) in [4.78, 5) is 21.5. The summed E-state index contributed by atoms with van der Waals surface area (Å²) < 4.78 is 3.17. The van der Waals surface area contributed by atoms with Crippen molar-refractivity contribution in [3.8, 4) is 5.69 Å². The molecule has 120 valence electrons. The number of halogens is 1. The van der Waals surface area contributed by atoms with Gasteiger partial charge < -0.3 is 0 Å². The minimum absolute atomic E-state index is 0.173. The Hall–Kier alpha value is -2.38. The first kappa shape index (κ1) is 15.2. The van der Waals surface area contributed by atoms with Gasteiger partial charge in [0.2, 0.25) is 5.16 Å². The number of thioether (sulfide) groups is 1. The first-order valence-corrected chi connectivity index (χ1v) is 8.76. The molecule has 4 aromatic rings. The molecule has 0 fully saturated rings. The van der Waals surface area contributed by atoms with Crippen LogP contribution < -0.4 is 5.56 Å². The highest BCUT2D eigenvalue weighted by molar-refractivity contribution is 7.98. The van der Waals surface area contributed by atoms with Crippen LogP contribution in [-0.4, -0.2) is 30.4 Å². The topological polar surface area (TPSA) is 65.1 Å². The van der Waals surface area contributed by atoms with Gasteiger partial charge >= 0.3 is 0 Å². The largest absolute Gasteiger partial charge is 0.283 e. The molecule has 0 unspecified atom stereocenters. The molecule has 0 saturated carbocycles. The van der Waals surface area contributed by atoms with Crippen molar-refractivity contribution in [2.24, 2.45) is 0 Å². The molecule has 1 aromatic carbocycles. The van der Waals surface area contributed by atoms with Crippen molar-refractivity contribution < 1.29 is 0 Å². The maximum atomic E-state index is 12.9. The van der Waals surface area contributed by atoms with Crippen molar-refractivity contribution >= 4 is 40.0 Å². The molecule has 0 atom stereocenters. The molecular formula is C16H12ClN5OS. The SMILES string of the molecule is CSc1nc2ncc3c(=O)n(-c4cc(Cl)ccc4C)ccc3n2n1. The predicted molar refractivity (Wildman–Crippen MR) is 95.4 cm³/mol. The second-order valence-corrected chi connectivity index (χ2v) is 6.50. The zero-order valence-corrected chi connectivity index (χ0v) is 14.5. The van der Waals surface area contributed by atoms with Crippen LogP contribution in [0.15, 0.2) is 46.6 Å². The summed E-state index contributed by atoms with van der Waals surface area (Å²) in [5, 5.41) is 6.04. The lowest BCUT2D eigenvalue weighted by molar-refractivity contribution is 0.903. The number of nitrogens with zero attached hydrogens (tertiary/aromatic N) is 5. The molecule has 0 aliphatic carbocycles. The molecule has 3 aromatic heterocycles. The molecular weight excluding hydrogens is 346 g/mol. The molecule has 0 bridgehead atoms. The molecule has 0 aliphatic rings. The van der Waals surface area contributed by atoms with Crippen molar-refractivity contribution in [1.29, 1.82) is 0 Å². The summed E-state index contributed by atoms with van der Waals surface area (Å²) >= 11 is 7.51. The Morgan fingerprint density at radius 1 is 1.25 bits per heavy atom. The second-order valence-electron chi connectivity index (χ2n) is 5.29. The second kappa shape index (κ2) is 5.61. The van der Waals surface area contributed by atoms with E-state index in [9.17, 15) is 4.79 Å². The fourth-order valence-electron chi connectivity index (χ4n) is 2.62. The quantitative estimate of drug-likeness (QED) is 0.516. The van der Waals surface area contributed by atoms with E-state index in [1.54, 1.807) is 33.6 Å². The minimum Gasteiger partial charge on any atom is -0.283 e. The summed E-state index contributed by atoms with van der Waals surface area (Å²) in [5.74, 6) is 0.475. The van der Waals surface area contributed by atoms with Gasteiger partial charge in [-0.05, 0) is 36.9 Å². The Morgan fingerprint density at radius 2 is 2.08 bits per heavy atom. The van der Waals surface area contributed by atoms with Crippen molar-refractivity contribution in [3.63, 3.8) is 0 Å². The normalized spacial score (nSPS) is 11.5. The highest BCUT2D eigenvalue weighted by Gasteiger charge is 2.12. The number of rotatable bonds is 2. The summed E-state index contributed by atoms with van der Waals surface area (Å²) in [5.41, 5.74) is 2.21. The van der Waals surface area contributed by atoms with Crippen LogP contribution in [-0.2, 0) is 0 Å². The van der Waals surface area contributed by atoms with E-state index < -0.39 is 0 Å². The number of hydrogen-bond acceptors (Lipinski definition) is 5. The van der Waals surface area contributed by atoms with Gasteiger partial charge in [0, 0.05) is 17.4 Å². The molecule has 0 amide bonds. The molecule has 3 heterocycles. The maximum absolute atomic E-state index is 12.9. The third kappa shape index (κ3) is 2.28. The van der Waals surface area contributed by atoms with Gasteiger partial charge in [0.1, 0.15) is 0 Å². The van der Waals surface area contributed by atoms with Crippen molar-refractivity contribution in [2.75, 3.05) is 6.26 Å². The summed E-state index contributed by atoms with van der Waals surface area (Å²) in [7, 11) is 0. The number of fused-ring (bicyclic) bond motifs is 3. The number of aromatic nitrogens is 5. The Bertz CT molecular complexity index is 1150. The molecule has 0 spiro atoms. The Labute approximate surface area is 146 Å². The third-order valence-corrected chi connectivity index (χ3v) is 4.60. The lowest BCUT2D eigenvalue weighted by atomic mass is 10.2. The third-order valence-electron chi connectivity index (χ3n) is 3.83. The molecule has 0 radical (unpaired) electrons. The van der Waals surface area contributed by atoms with E-state index in [0.29, 0.717) is 26.9 Å². The fraction of sp³-hybridized carbons (Fsp3) is 0.125. The van der Waals surface area contributed by atoms with E-state index in [4.69, 9.17) is 11.6 Å². The Morgan fingerprint density at radius 3 is 2.88 bits per heavy atom. The van der Waals surface area contributed by atoms with Gasteiger partial charge in [-0.25, -0.2) is 4.98 Å². The molecule has 0 aliphatic heterocycles. The lowest BCUT2D eigenvalue weighted by Gasteiger charge is -2.10. The van der Waals surface area contributed by atoms with Crippen LogP contribution in [0.4, 0.5) is 0 Å². The van der Waals surface area contributed by atoms with Crippen LogP contribution in [0.25, 0.3) is 22.4 Å². The Balaban J connectivity index is 2.03. The zero-order chi connectivity index (χ0) is 16.8. The Kier molecular flexibility index (Phi) is 3.54. The fourth-order valence-corrected chi connectivity index (χ4v) is 3.12. The van der Waals surface area contributed by atoms with E-state index >= 15 is 0 Å². The lowest BCUT2D eigenvalue weighted by Crippen LogP contribution is -2.19. The van der Waals surface area contributed by atoms with Gasteiger partial charge in [0.15, 0.2) is 0 Å². The summed E-state index contributed by atoms with van der Waals surface area (Å²) in [6.45, 7) is 1.94. The monoisotopic (exact) mass is 357 g/mol. The van der Waals surface area contributed by atoms with Crippen LogP contribution in [0.5, 0.6) is 0 Å². The number of pyridine rings is 1. The summed E-state index contributed by atoms with van der Waals surface area (Å²) in [6.07, 6.45) is 5.16. The average molecular weight is 358 g/mol. The van der Waals surface area contributed by atoms with E-state index in [-0.39, 0.29) is 5.56 Å². The average Bonchev–Trinajstić information content (AvgIpc) is 3.01. The molecule has 0 N–H and O–H groups in total. The van der Waals surface area contributed by atoms with Crippen molar-refractivity contribution in [2.45, 2.75) is 12.1 Å². The van der Waals surface area contributed by atoms with Gasteiger partial charge in [-0.15, -0.1) is 5.10 Å². The van der Waals surface area contributed by atoms with Crippen LogP contribution in [0.3, 0.4) is 0 Å². The van der Waals surface area contributed by atoms with Gasteiger partial charge in [-0.1, -0.05) is 29.4 Å². The van der Waals surface area contributed by atoms with Crippen molar-refractivity contribution in [3.05, 3.63) is 57.6 Å². The van der Waals surface area contributed by atoms with Crippen LogP contribution in [0.1, 0.15) is 5.56 Å². The first-order valence-electron chi connectivity index (χ1n) is 7.16. The number of hydrogen-bond donors (Lipinski definition) is 0. The molecule has 0 saturated heterocycles. The smallest absolute Gasteiger partial charge is 0.266 e. The molecule has 8 heteroatoms. The van der Waals surface area contributed by atoms with Gasteiger partial charge in [0.25, 0.3) is 11.3 Å². The highest BCUT2D eigenvalue weighted by atomic mass is 35.5. The highest BCUT2D eigenvalue weighted by Crippen LogP contribution is 2.20. The standard InChI is InChI=1S/C16H12ClN5OS/c1-9-3-4-10(17)7-13(9)21-6-5-12-11(14(21)23)8-18-15-19-16(24-2)20-22(12)15/h3-8H,1-2H3. The molecule has 24 heavy (non-hydrogen) atoms. The zero-order valence-electron chi connectivity index (χ0n) is 12.9. The minimum atomic E-state index is -0.173. The first-order chi connectivity index (χ1) is 11.6. The van der Waals surface area contributed by atoms with Crippen LogP contribution in [0, 0.1) is 6.92 Å². The van der Waals surface area contributed by atoms with Crippen molar-refractivity contribution in [1.82, 2.24) is 24.1 Å². The van der Waals surface area contributed by atoms with Gasteiger partial charge in [-0.2, -0.15) is 9.50 Å². The van der Waals surface area contributed by atoms with E-state index in [1.807, 2.05) is 25.3 Å². The predicted octanol–water partition coefficient (Wildman–Crippen LogP) is 3.11. The maximum Gasteiger partial charge on any atom is 0.266 e. The van der Waals surface area contributed by atoms with Gasteiger partial charge in [0.05, 0.1) is 16.6 Å². The number of benzene rings is 1.